The molecule has 0 aliphatic heterocycles. The van der Waals surface area contributed by atoms with Gasteiger partial charge in [-0.2, -0.15) is 0 Å². The van der Waals surface area contributed by atoms with Gasteiger partial charge in [0.25, 0.3) is 0 Å². The fourth-order valence-electron chi connectivity index (χ4n) is 3.06. The van der Waals surface area contributed by atoms with Gasteiger partial charge in [0.15, 0.2) is 4.32 Å². The van der Waals surface area contributed by atoms with Crippen LogP contribution in [0, 0.1) is 5.92 Å². The standard InChI is InChI=1S/C11H12Br2O6/c1-17-8(16)5-4-9(12)6(14)7(15)10(5,13)11(9,18-2)19-3/h5H,4H2,1-3H3/t5-,9-,10+/m1/s1. The highest BCUT2D eigenvalue weighted by Crippen LogP contribution is 2.66. The second kappa shape index (κ2) is 4.34. The van der Waals surface area contributed by atoms with E-state index in [2.05, 4.69) is 31.9 Å². The van der Waals surface area contributed by atoms with Gasteiger partial charge in [-0.05, 0) is 6.42 Å². The second-order valence-corrected chi connectivity index (χ2v) is 7.08. The molecule has 0 aromatic rings. The normalized spacial score (nSPS) is 39.7. The molecule has 0 amide bonds. The van der Waals surface area contributed by atoms with Crippen LogP contribution in [0.1, 0.15) is 6.42 Å². The van der Waals surface area contributed by atoms with E-state index in [9.17, 15) is 14.4 Å². The molecule has 106 valence electrons. The molecule has 19 heavy (non-hydrogen) atoms. The van der Waals surface area contributed by atoms with Crippen molar-refractivity contribution in [3.8, 4) is 0 Å². The molecule has 2 saturated carbocycles. The molecule has 0 aromatic heterocycles. The minimum Gasteiger partial charge on any atom is -0.469 e. The summed E-state index contributed by atoms with van der Waals surface area (Å²) in [5, 5.41) is 0. The lowest BCUT2D eigenvalue weighted by Crippen LogP contribution is -2.57. The molecular weight excluding hydrogens is 388 g/mol. The Labute approximate surface area is 126 Å². The Morgan fingerprint density at radius 3 is 2.05 bits per heavy atom. The Morgan fingerprint density at radius 1 is 1.16 bits per heavy atom. The monoisotopic (exact) mass is 398 g/mol. The van der Waals surface area contributed by atoms with Gasteiger partial charge in [0.05, 0.1) is 13.0 Å². The number of ether oxygens (including phenoxy) is 3. The van der Waals surface area contributed by atoms with E-state index in [1.54, 1.807) is 0 Å². The molecule has 0 heterocycles. The Balaban J connectivity index is 2.68. The van der Waals surface area contributed by atoms with E-state index >= 15 is 0 Å². The first-order valence-electron chi connectivity index (χ1n) is 5.42. The van der Waals surface area contributed by atoms with Gasteiger partial charge in [0.2, 0.25) is 17.4 Å². The minimum absolute atomic E-state index is 0.0528. The van der Waals surface area contributed by atoms with Crippen molar-refractivity contribution >= 4 is 49.4 Å². The van der Waals surface area contributed by atoms with Gasteiger partial charge < -0.3 is 14.2 Å². The summed E-state index contributed by atoms with van der Waals surface area (Å²) in [6, 6.07) is 0. The number of hydrogen-bond donors (Lipinski definition) is 0. The molecule has 8 heteroatoms. The van der Waals surface area contributed by atoms with E-state index in [1.165, 1.54) is 21.3 Å². The second-order valence-electron chi connectivity index (χ2n) is 4.48. The molecule has 0 spiro atoms. The van der Waals surface area contributed by atoms with Gasteiger partial charge >= 0.3 is 5.97 Å². The maximum absolute atomic E-state index is 12.3. The zero-order valence-corrected chi connectivity index (χ0v) is 13.7. The maximum atomic E-state index is 12.3. The zero-order chi connectivity index (χ0) is 14.6. The molecule has 2 aliphatic rings. The fourth-order valence-corrected chi connectivity index (χ4v) is 5.66. The highest BCUT2D eigenvalue weighted by Gasteiger charge is 2.86. The molecule has 0 aromatic carbocycles. The van der Waals surface area contributed by atoms with E-state index in [4.69, 9.17) is 14.2 Å². The number of rotatable bonds is 3. The van der Waals surface area contributed by atoms with Crippen LogP contribution in [0.15, 0.2) is 0 Å². The molecule has 2 bridgehead atoms. The highest BCUT2D eigenvalue weighted by atomic mass is 79.9. The van der Waals surface area contributed by atoms with E-state index in [0.29, 0.717) is 0 Å². The summed E-state index contributed by atoms with van der Waals surface area (Å²) in [4.78, 5) is 36.3. The smallest absolute Gasteiger partial charge is 0.310 e. The third-order valence-corrected chi connectivity index (χ3v) is 6.56. The van der Waals surface area contributed by atoms with Gasteiger partial charge in [-0.25, -0.2) is 0 Å². The number of methoxy groups -OCH3 is 3. The number of hydrogen-bond acceptors (Lipinski definition) is 6. The third kappa shape index (κ3) is 1.36. The van der Waals surface area contributed by atoms with Crippen LogP contribution in [0.3, 0.4) is 0 Å². The van der Waals surface area contributed by atoms with Crippen LogP contribution in [-0.2, 0) is 28.6 Å². The molecule has 3 atom stereocenters. The highest BCUT2D eigenvalue weighted by molar-refractivity contribution is 9.11. The molecule has 2 fully saturated rings. The van der Waals surface area contributed by atoms with Crippen LogP contribution in [0.5, 0.6) is 0 Å². The lowest BCUT2D eigenvalue weighted by molar-refractivity contribution is -0.216. The molecule has 0 radical (unpaired) electrons. The number of carbonyl (C=O) groups is 3. The first kappa shape index (κ1) is 15.1. The van der Waals surface area contributed by atoms with E-state index < -0.39 is 37.9 Å². The largest absolute Gasteiger partial charge is 0.469 e. The SMILES string of the molecule is COC(=O)[C@H]1C[C@@]2(Br)C(=O)C(=O)[C@]1(Br)C2(OC)OC. The van der Waals surface area contributed by atoms with Crippen molar-refractivity contribution in [3.05, 3.63) is 0 Å². The summed E-state index contributed by atoms with van der Waals surface area (Å²) >= 11 is 6.48. The van der Waals surface area contributed by atoms with Crippen molar-refractivity contribution < 1.29 is 28.6 Å². The van der Waals surface area contributed by atoms with Crippen molar-refractivity contribution in [1.29, 1.82) is 0 Å². The molecule has 0 saturated heterocycles. The van der Waals surface area contributed by atoms with Gasteiger partial charge in [0, 0.05) is 14.2 Å². The van der Waals surface area contributed by atoms with E-state index in [0.717, 1.165) is 0 Å². The van der Waals surface area contributed by atoms with Gasteiger partial charge in [0.1, 0.15) is 4.32 Å². The fraction of sp³-hybridized carbons (Fsp3) is 0.727. The number of ketones is 2. The molecule has 6 nitrogen and oxygen atoms in total. The summed E-state index contributed by atoms with van der Waals surface area (Å²) in [5.74, 6) is -4.49. The predicted molar refractivity (Wildman–Crippen MR) is 70.2 cm³/mol. The molecular formula is C11H12Br2O6. The van der Waals surface area contributed by atoms with Crippen LogP contribution >= 0.6 is 31.9 Å². The van der Waals surface area contributed by atoms with Crippen LogP contribution in [0.25, 0.3) is 0 Å². The van der Waals surface area contributed by atoms with E-state index in [1.807, 2.05) is 0 Å². The van der Waals surface area contributed by atoms with Crippen LogP contribution in [-0.4, -0.2) is 53.3 Å². The lowest BCUT2D eigenvalue weighted by Gasteiger charge is -2.38. The van der Waals surface area contributed by atoms with Crippen molar-refractivity contribution in [2.45, 2.75) is 20.9 Å². The number of Topliss-reactive ketones (excluding diaryl/α,β-unsaturated/α-hetero) is 2. The van der Waals surface area contributed by atoms with Crippen molar-refractivity contribution in [2.75, 3.05) is 21.3 Å². The minimum atomic E-state index is -1.59. The number of halogens is 2. The Kier molecular flexibility index (Phi) is 3.45. The molecule has 0 unspecified atom stereocenters. The molecule has 2 aliphatic carbocycles. The first-order valence-corrected chi connectivity index (χ1v) is 7.00. The van der Waals surface area contributed by atoms with Gasteiger partial charge in [-0.1, -0.05) is 31.9 Å². The first-order chi connectivity index (χ1) is 8.76. The zero-order valence-electron chi connectivity index (χ0n) is 10.5. The van der Waals surface area contributed by atoms with Crippen molar-refractivity contribution in [2.24, 2.45) is 5.92 Å². The van der Waals surface area contributed by atoms with Gasteiger partial charge in [-0.3, -0.25) is 14.4 Å². The Morgan fingerprint density at radius 2 is 1.68 bits per heavy atom. The summed E-state index contributed by atoms with van der Waals surface area (Å²) in [7, 11) is 3.86. The predicted octanol–water partition coefficient (Wildman–Crippen LogP) is 0.588. The summed E-state index contributed by atoms with van der Waals surface area (Å²) in [6.45, 7) is 0. The van der Waals surface area contributed by atoms with Crippen molar-refractivity contribution in [1.82, 2.24) is 0 Å². The average Bonchev–Trinajstić information content (AvgIpc) is 2.69. The summed E-state index contributed by atoms with van der Waals surface area (Å²) < 4.78 is 12.4. The summed E-state index contributed by atoms with van der Waals surface area (Å²) in [5.41, 5.74) is 0. The number of fused-ring (bicyclic) bond motifs is 2. The number of alkyl halides is 2. The number of carbonyl (C=O) groups excluding carboxylic acids is 3. The van der Waals surface area contributed by atoms with Crippen molar-refractivity contribution in [3.63, 3.8) is 0 Å². The topological polar surface area (TPSA) is 78.9 Å². The third-order valence-electron chi connectivity index (χ3n) is 3.92. The maximum Gasteiger partial charge on any atom is 0.310 e. The lowest BCUT2D eigenvalue weighted by atomic mass is 9.86. The van der Waals surface area contributed by atoms with Gasteiger partial charge in [-0.15, -0.1) is 0 Å². The Hall–Kier alpha value is -0.310. The number of esters is 1. The van der Waals surface area contributed by atoms with Crippen LogP contribution in [0.2, 0.25) is 0 Å². The average molecular weight is 400 g/mol. The van der Waals surface area contributed by atoms with E-state index in [-0.39, 0.29) is 6.42 Å². The summed E-state index contributed by atoms with van der Waals surface area (Å²) in [6.07, 6.45) is 0.0528. The van der Waals surface area contributed by atoms with Crippen LogP contribution < -0.4 is 0 Å². The van der Waals surface area contributed by atoms with Crippen LogP contribution in [0.4, 0.5) is 0 Å². The quantitative estimate of drug-likeness (QED) is 0.299. The Bertz CT molecular complexity index is 474. The molecule has 2 rings (SSSR count). The molecule has 0 N–H and O–H groups in total.